The van der Waals surface area contributed by atoms with Crippen molar-refractivity contribution in [1.29, 1.82) is 0 Å². The minimum absolute atomic E-state index is 0. The number of halogens is 1. The molecule has 0 radical (unpaired) electrons. The molecule has 90 valence electrons. The van der Waals surface area contributed by atoms with E-state index in [2.05, 4.69) is 43.4 Å². The summed E-state index contributed by atoms with van der Waals surface area (Å²) in [6.45, 7) is 6.26. The van der Waals surface area contributed by atoms with Gasteiger partial charge in [-0.25, -0.2) is 0 Å². The molecule has 2 nitrogen and oxygen atoms in total. The molecule has 1 saturated heterocycles. The van der Waals surface area contributed by atoms with E-state index in [0.29, 0.717) is 5.92 Å². The summed E-state index contributed by atoms with van der Waals surface area (Å²) in [5.41, 5.74) is 2.65. The van der Waals surface area contributed by atoms with Crippen LogP contribution in [0.1, 0.15) is 18.1 Å². The Kier molecular flexibility index (Phi) is 5.26. The SMILES string of the molecule is Cc1ccc(CC2NCC(C)CO2)cc1.Cl. The van der Waals surface area contributed by atoms with Gasteiger partial charge in [-0.15, -0.1) is 12.4 Å². The van der Waals surface area contributed by atoms with Gasteiger partial charge in [-0.1, -0.05) is 36.8 Å². The van der Waals surface area contributed by atoms with E-state index in [-0.39, 0.29) is 18.6 Å². The quantitative estimate of drug-likeness (QED) is 0.859. The molecule has 0 aliphatic carbocycles. The molecule has 0 saturated carbocycles. The van der Waals surface area contributed by atoms with E-state index in [1.165, 1.54) is 11.1 Å². The summed E-state index contributed by atoms with van der Waals surface area (Å²) in [5, 5.41) is 3.41. The number of hydrogen-bond donors (Lipinski definition) is 1. The van der Waals surface area contributed by atoms with Crippen LogP contribution in [-0.2, 0) is 11.2 Å². The van der Waals surface area contributed by atoms with Crippen molar-refractivity contribution in [3.05, 3.63) is 35.4 Å². The van der Waals surface area contributed by atoms with Crippen LogP contribution >= 0.6 is 12.4 Å². The monoisotopic (exact) mass is 241 g/mol. The number of benzene rings is 1. The van der Waals surface area contributed by atoms with E-state index in [1.807, 2.05) is 0 Å². The summed E-state index contributed by atoms with van der Waals surface area (Å²) < 4.78 is 5.71. The van der Waals surface area contributed by atoms with Crippen LogP contribution in [0.2, 0.25) is 0 Å². The van der Waals surface area contributed by atoms with Crippen LogP contribution in [0, 0.1) is 12.8 Å². The molecule has 1 aliphatic heterocycles. The molecule has 16 heavy (non-hydrogen) atoms. The Labute approximate surface area is 104 Å². The maximum Gasteiger partial charge on any atom is 0.112 e. The Morgan fingerprint density at radius 1 is 1.31 bits per heavy atom. The third-order valence-electron chi connectivity index (χ3n) is 2.82. The van der Waals surface area contributed by atoms with E-state index in [4.69, 9.17) is 4.74 Å². The molecule has 2 unspecified atom stereocenters. The largest absolute Gasteiger partial charge is 0.363 e. The molecule has 1 aromatic rings. The lowest BCUT2D eigenvalue weighted by Gasteiger charge is -2.28. The van der Waals surface area contributed by atoms with E-state index in [9.17, 15) is 0 Å². The van der Waals surface area contributed by atoms with Gasteiger partial charge < -0.3 is 4.74 Å². The zero-order chi connectivity index (χ0) is 10.7. The minimum atomic E-state index is 0. The van der Waals surface area contributed by atoms with E-state index < -0.39 is 0 Å². The molecule has 0 spiro atoms. The lowest BCUT2D eigenvalue weighted by molar-refractivity contribution is -0.0228. The molecule has 0 amide bonds. The van der Waals surface area contributed by atoms with Gasteiger partial charge in [0.05, 0.1) is 6.61 Å². The van der Waals surface area contributed by atoms with E-state index >= 15 is 0 Å². The molecular weight excluding hydrogens is 222 g/mol. The van der Waals surface area contributed by atoms with Crippen molar-refractivity contribution in [2.45, 2.75) is 26.5 Å². The summed E-state index contributed by atoms with van der Waals surface area (Å²) in [6.07, 6.45) is 1.16. The van der Waals surface area contributed by atoms with Gasteiger partial charge in [0.2, 0.25) is 0 Å². The predicted molar refractivity (Wildman–Crippen MR) is 69.0 cm³/mol. The van der Waals surface area contributed by atoms with Gasteiger partial charge in [0.1, 0.15) is 6.23 Å². The van der Waals surface area contributed by atoms with Crippen molar-refractivity contribution >= 4 is 12.4 Å². The predicted octanol–water partition coefficient (Wildman–Crippen LogP) is 2.54. The van der Waals surface area contributed by atoms with Crippen molar-refractivity contribution in [2.75, 3.05) is 13.2 Å². The van der Waals surface area contributed by atoms with Crippen LogP contribution in [0.4, 0.5) is 0 Å². The number of ether oxygens (including phenoxy) is 1. The summed E-state index contributed by atoms with van der Waals surface area (Å²) in [4.78, 5) is 0. The second-order valence-electron chi connectivity index (χ2n) is 4.53. The van der Waals surface area contributed by atoms with Gasteiger partial charge in [-0.3, -0.25) is 5.32 Å². The zero-order valence-electron chi connectivity index (χ0n) is 9.90. The summed E-state index contributed by atoms with van der Waals surface area (Å²) in [5.74, 6) is 0.638. The van der Waals surface area contributed by atoms with Gasteiger partial charge in [-0.05, 0) is 18.4 Å². The van der Waals surface area contributed by atoms with Crippen LogP contribution in [0.5, 0.6) is 0 Å². The van der Waals surface area contributed by atoms with Gasteiger partial charge in [-0.2, -0.15) is 0 Å². The lowest BCUT2D eigenvalue weighted by Crippen LogP contribution is -2.43. The second-order valence-corrected chi connectivity index (χ2v) is 4.53. The van der Waals surface area contributed by atoms with Crippen molar-refractivity contribution in [1.82, 2.24) is 5.32 Å². The molecule has 2 rings (SSSR count). The van der Waals surface area contributed by atoms with Crippen molar-refractivity contribution in [2.24, 2.45) is 5.92 Å². The number of rotatable bonds is 2. The first kappa shape index (κ1) is 13.5. The Morgan fingerprint density at radius 3 is 2.56 bits per heavy atom. The maximum absolute atomic E-state index is 5.71. The zero-order valence-corrected chi connectivity index (χ0v) is 10.7. The summed E-state index contributed by atoms with van der Waals surface area (Å²) in [7, 11) is 0. The van der Waals surface area contributed by atoms with Gasteiger partial charge >= 0.3 is 0 Å². The van der Waals surface area contributed by atoms with Crippen LogP contribution in [0.15, 0.2) is 24.3 Å². The lowest BCUT2D eigenvalue weighted by atomic mass is 10.1. The first-order valence-corrected chi connectivity index (χ1v) is 5.64. The topological polar surface area (TPSA) is 21.3 Å². The fraction of sp³-hybridized carbons (Fsp3) is 0.538. The molecule has 0 bridgehead atoms. The van der Waals surface area contributed by atoms with Gasteiger partial charge in [0.25, 0.3) is 0 Å². The fourth-order valence-corrected chi connectivity index (χ4v) is 1.80. The van der Waals surface area contributed by atoms with Crippen molar-refractivity contribution in [3.63, 3.8) is 0 Å². The molecule has 0 aromatic heterocycles. The standard InChI is InChI=1S/C13H19NO.ClH/c1-10-3-5-12(6-4-10)7-13-14-8-11(2)9-15-13;/h3-6,11,13-14H,7-9H2,1-2H3;1H. The minimum Gasteiger partial charge on any atom is -0.363 e. The molecule has 1 heterocycles. The molecule has 1 aliphatic rings. The first-order chi connectivity index (χ1) is 7.24. The van der Waals surface area contributed by atoms with Crippen LogP contribution < -0.4 is 5.32 Å². The highest BCUT2D eigenvalue weighted by atomic mass is 35.5. The smallest absolute Gasteiger partial charge is 0.112 e. The van der Waals surface area contributed by atoms with Gasteiger partial charge in [0, 0.05) is 13.0 Å². The van der Waals surface area contributed by atoms with E-state index in [1.54, 1.807) is 0 Å². The van der Waals surface area contributed by atoms with Crippen LogP contribution in [-0.4, -0.2) is 19.4 Å². The Balaban J connectivity index is 0.00000128. The normalized spacial score (nSPS) is 24.9. The molecule has 1 N–H and O–H groups in total. The maximum atomic E-state index is 5.71. The van der Waals surface area contributed by atoms with Crippen LogP contribution in [0.3, 0.4) is 0 Å². The Bertz CT molecular complexity index is 304. The number of nitrogens with one attached hydrogen (secondary N) is 1. The average Bonchev–Trinajstić information content (AvgIpc) is 2.25. The summed E-state index contributed by atoms with van der Waals surface area (Å²) in [6, 6.07) is 8.67. The summed E-state index contributed by atoms with van der Waals surface area (Å²) >= 11 is 0. The van der Waals surface area contributed by atoms with E-state index in [0.717, 1.165) is 19.6 Å². The third kappa shape index (κ3) is 3.78. The third-order valence-corrected chi connectivity index (χ3v) is 2.82. The Hall–Kier alpha value is -0.570. The van der Waals surface area contributed by atoms with Crippen LogP contribution in [0.25, 0.3) is 0 Å². The molecule has 1 aromatic carbocycles. The highest BCUT2D eigenvalue weighted by Gasteiger charge is 2.17. The molecule has 1 fully saturated rings. The fourth-order valence-electron chi connectivity index (χ4n) is 1.80. The highest BCUT2D eigenvalue weighted by molar-refractivity contribution is 5.85. The van der Waals surface area contributed by atoms with Gasteiger partial charge in [0.15, 0.2) is 0 Å². The highest BCUT2D eigenvalue weighted by Crippen LogP contribution is 2.11. The molecule has 2 atom stereocenters. The number of aryl methyl sites for hydroxylation is 1. The molecule has 3 heteroatoms. The van der Waals surface area contributed by atoms with Crippen molar-refractivity contribution in [3.8, 4) is 0 Å². The molecular formula is C13H20ClNO. The number of hydrogen-bond acceptors (Lipinski definition) is 2. The second kappa shape index (κ2) is 6.24. The Morgan fingerprint density at radius 2 is 2.00 bits per heavy atom. The average molecular weight is 242 g/mol. The first-order valence-electron chi connectivity index (χ1n) is 5.64. The van der Waals surface area contributed by atoms with Crippen molar-refractivity contribution < 1.29 is 4.74 Å².